The van der Waals surface area contributed by atoms with Crippen LogP contribution in [0.5, 0.6) is 5.75 Å². The first-order chi connectivity index (χ1) is 9.58. The largest absolute Gasteiger partial charge is 0.493 e. The van der Waals surface area contributed by atoms with Crippen LogP contribution in [-0.4, -0.2) is 11.7 Å². The zero-order valence-electron chi connectivity index (χ0n) is 10.4. The van der Waals surface area contributed by atoms with Crippen molar-refractivity contribution in [2.24, 2.45) is 0 Å². The number of aliphatic hydroxyl groups is 1. The molecule has 1 aliphatic rings. The first-order valence-corrected chi connectivity index (χ1v) is 7.73. The highest BCUT2D eigenvalue weighted by Gasteiger charge is 2.25. The summed E-state index contributed by atoms with van der Waals surface area (Å²) in [6.07, 6.45) is -0.257. The number of fused-ring (bicyclic) bond motifs is 1. The fraction of sp³-hybridized carbons (Fsp3) is 0.200. The minimum absolute atomic E-state index is 0.232. The molecule has 0 radical (unpaired) electrons. The van der Waals surface area contributed by atoms with Crippen molar-refractivity contribution in [3.8, 4) is 5.75 Å². The molecule has 20 heavy (non-hydrogen) atoms. The zero-order chi connectivity index (χ0) is 14.3. The second kappa shape index (κ2) is 5.47. The molecular weight excluding hydrogens is 391 g/mol. The van der Waals surface area contributed by atoms with Gasteiger partial charge in [-0.1, -0.05) is 28.1 Å². The highest BCUT2D eigenvalue weighted by molar-refractivity contribution is 9.10. The molecule has 1 heterocycles. The predicted molar refractivity (Wildman–Crippen MR) is 81.5 cm³/mol. The number of benzene rings is 2. The summed E-state index contributed by atoms with van der Waals surface area (Å²) in [5, 5.41) is 10.5. The number of aliphatic hydroxyl groups excluding tert-OH is 1. The van der Waals surface area contributed by atoms with Crippen LogP contribution in [0.15, 0.2) is 39.3 Å². The first-order valence-electron chi connectivity index (χ1n) is 6.15. The normalized spacial score (nSPS) is 14.8. The minimum atomic E-state index is -1.06. The maximum atomic E-state index is 14.1. The lowest BCUT2D eigenvalue weighted by Crippen LogP contribution is -2.05. The van der Waals surface area contributed by atoms with E-state index in [1.54, 1.807) is 24.3 Å². The standard InChI is InChI=1S/C15H11Br2FO2/c16-9-6-8-4-5-20-15(8)11(7-9)14(19)10-2-1-3-12(17)13(10)18/h1-3,6-7,14,19H,4-5H2. The van der Waals surface area contributed by atoms with Crippen LogP contribution in [0.1, 0.15) is 22.8 Å². The van der Waals surface area contributed by atoms with Gasteiger partial charge in [0.15, 0.2) is 0 Å². The lowest BCUT2D eigenvalue weighted by Gasteiger charge is -2.16. The maximum absolute atomic E-state index is 14.1. The van der Waals surface area contributed by atoms with Crippen molar-refractivity contribution < 1.29 is 14.2 Å². The van der Waals surface area contributed by atoms with Gasteiger partial charge in [-0.15, -0.1) is 0 Å². The van der Waals surface area contributed by atoms with E-state index in [4.69, 9.17) is 4.74 Å². The Morgan fingerprint density at radius 1 is 1.20 bits per heavy atom. The van der Waals surface area contributed by atoms with Crippen molar-refractivity contribution in [1.82, 2.24) is 0 Å². The average molecular weight is 402 g/mol. The first kappa shape index (κ1) is 14.0. The molecule has 2 nitrogen and oxygen atoms in total. The van der Waals surface area contributed by atoms with Gasteiger partial charge in [0, 0.05) is 22.0 Å². The van der Waals surface area contributed by atoms with Crippen LogP contribution in [0, 0.1) is 5.82 Å². The summed E-state index contributed by atoms with van der Waals surface area (Å²) in [4.78, 5) is 0. The average Bonchev–Trinajstić information content (AvgIpc) is 2.88. The third kappa shape index (κ3) is 2.38. The third-order valence-electron chi connectivity index (χ3n) is 3.35. The minimum Gasteiger partial charge on any atom is -0.493 e. The van der Waals surface area contributed by atoms with Crippen LogP contribution < -0.4 is 4.74 Å². The van der Waals surface area contributed by atoms with Gasteiger partial charge in [0.1, 0.15) is 17.7 Å². The monoisotopic (exact) mass is 400 g/mol. The molecule has 0 spiro atoms. The quantitative estimate of drug-likeness (QED) is 0.809. The van der Waals surface area contributed by atoms with Gasteiger partial charge in [0.05, 0.1) is 11.1 Å². The SMILES string of the molecule is OC(c1cccc(Br)c1F)c1cc(Br)cc2c1OCC2. The topological polar surface area (TPSA) is 29.5 Å². The van der Waals surface area contributed by atoms with Crippen LogP contribution in [0.4, 0.5) is 4.39 Å². The molecular formula is C15H11Br2FO2. The fourth-order valence-electron chi connectivity index (χ4n) is 2.40. The molecule has 0 amide bonds. The van der Waals surface area contributed by atoms with Crippen LogP contribution in [0.3, 0.4) is 0 Å². The molecule has 0 saturated carbocycles. The molecule has 1 aliphatic heterocycles. The van der Waals surface area contributed by atoms with E-state index in [0.29, 0.717) is 22.4 Å². The number of ether oxygens (including phenoxy) is 1. The Bertz CT molecular complexity index is 673. The summed E-state index contributed by atoms with van der Waals surface area (Å²) in [5.74, 6) is 0.215. The van der Waals surface area contributed by atoms with Gasteiger partial charge in [-0.05, 0) is 39.7 Å². The van der Waals surface area contributed by atoms with Gasteiger partial charge in [0.25, 0.3) is 0 Å². The lowest BCUT2D eigenvalue weighted by atomic mass is 9.98. The van der Waals surface area contributed by atoms with Crippen LogP contribution in [0.2, 0.25) is 0 Å². The Balaban J connectivity index is 2.11. The second-order valence-corrected chi connectivity index (χ2v) is 6.40. The van der Waals surface area contributed by atoms with Crippen molar-refractivity contribution in [3.05, 3.63) is 61.8 Å². The number of rotatable bonds is 2. The zero-order valence-corrected chi connectivity index (χ0v) is 13.5. The van der Waals surface area contributed by atoms with Gasteiger partial charge in [-0.3, -0.25) is 0 Å². The summed E-state index contributed by atoms with van der Waals surface area (Å²) < 4.78 is 20.9. The van der Waals surface area contributed by atoms with Crippen LogP contribution in [-0.2, 0) is 6.42 Å². The highest BCUT2D eigenvalue weighted by atomic mass is 79.9. The second-order valence-electron chi connectivity index (χ2n) is 4.63. The molecule has 0 fully saturated rings. The predicted octanol–water partition coefficient (Wildman–Crippen LogP) is 4.37. The molecule has 3 rings (SSSR count). The summed E-state index contributed by atoms with van der Waals surface area (Å²) >= 11 is 6.56. The molecule has 0 aromatic heterocycles. The van der Waals surface area contributed by atoms with Crippen molar-refractivity contribution in [3.63, 3.8) is 0 Å². The van der Waals surface area contributed by atoms with Crippen molar-refractivity contribution in [1.29, 1.82) is 0 Å². The molecule has 1 unspecified atom stereocenters. The Labute approximate surface area is 132 Å². The summed E-state index contributed by atoms with van der Waals surface area (Å²) in [6, 6.07) is 8.62. The van der Waals surface area contributed by atoms with Gasteiger partial charge >= 0.3 is 0 Å². The Kier molecular flexibility index (Phi) is 3.84. The van der Waals surface area contributed by atoms with Gasteiger partial charge < -0.3 is 9.84 Å². The van der Waals surface area contributed by atoms with Gasteiger partial charge in [-0.2, -0.15) is 0 Å². The van der Waals surface area contributed by atoms with Crippen LogP contribution in [0.25, 0.3) is 0 Å². The van der Waals surface area contributed by atoms with Gasteiger partial charge in [-0.25, -0.2) is 4.39 Å². The Hall–Kier alpha value is -0.910. The van der Waals surface area contributed by atoms with E-state index in [0.717, 1.165) is 16.5 Å². The van der Waals surface area contributed by atoms with Crippen LogP contribution >= 0.6 is 31.9 Å². The van der Waals surface area contributed by atoms with Gasteiger partial charge in [0.2, 0.25) is 0 Å². The molecule has 1 atom stereocenters. The molecule has 5 heteroatoms. The number of hydrogen-bond acceptors (Lipinski definition) is 2. The van der Waals surface area contributed by atoms with E-state index in [2.05, 4.69) is 31.9 Å². The molecule has 1 N–H and O–H groups in total. The number of hydrogen-bond donors (Lipinski definition) is 1. The molecule has 104 valence electrons. The molecule has 0 bridgehead atoms. The van der Waals surface area contributed by atoms with Crippen molar-refractivity contribution in [2.75, 3.05) is 6.61 Å². The Morgan fingerprint density at radius 2 is 2.00 bits per heavy atom. The van der Waals surface area contributed by atoms with E-state index in [1.807, 2.05) is 6.07 Å². The lowest BCUT2D eigenvalue weighted by molar-refractivity contribution is 0.208. The van der Waals surface area contributed by atoms with Crippen molar-refractivity contribution >= 4 is 31.9 Å². The third-order valence-corrected chi connectivity index (χ3v) is 4.42. The summed E-state index contributed by atoms with van der Waals surface area (Å²) in [6.45, 7) is 0.590. The summed E-state index contributed by atoms with van der Waals surface area (Å²) in [5.41, 5.74) is 1.85. The van der Waals surface area contributed by atoms with Crippen molar-refractivity contribution in [2.45, 2.75) is 12.5 Å². The van der Waals surface area contributed by atoms with E-state index >= 15 is 0 Å². The smallest absolute Gasteiger partial charge is 0.143 e. The Morgan fingerprint density at radius 3 is 2.80 bits per heavy atom. The van der Waals surface area contributed by atoms with E-state index < -0.39 is 11.9 Å². The highest BCUT2D eigenvalue weighted by Crippen LogP contribution is 2.39. The molecule has 2 aromatic carbocycles. The fourth-order valence-corrected chi connectivity index (χ4v) is 3.30. The van der Waals surface area contributed by atoms with E-state index in [-0.39, 0.29) is 5.56 Å². The maximum Gasteiger partial charge on any atom is 0.143 e. The molecule has 0 aliphatic carbocycles. The molecule has 0 saturated heterocycles. The van der Waals surface area contributed by atoms with E-state index in [9.17, 15) is 9.50 Å². The number of halogens is 3. The molecule has 2 aromatic rings. The summed E-state index contributed by atoms with van der Waals surface area (Å²) in [7, 11) is 0. The van der Waals surface area contributed by atoms with E-state index in [1.165, 1.54) is 0 Å².